The minimum atomic E-state index is 0.0961. The summed E-state index contributed by atoms with van der Waals surface area (Å²) >= 11 is 0. The van der Waals surface area contributed by atoms with Crippen molar-refractivity contribution in [1.82, 2.24) is 0 Å². The van der Waals surface area contributed by atoms with Crippen molar-refractivity contribution in [2.45, 2.75) is 116 Å². The summed E-state index contributed by atoms with van der Waals surface area (Å²) in [6, 6.07) is 5.38. The van der Waals surface area contributed by atoms with E-state index in [0.29, 0.717) is 18.8 Å². The van der Waals surface area contributed by atoms with E-state index in [1.807, 2.05) is 6.07 Å². The average Bonchev–Trinajstić information content (AvgIpc) is 2.72. The molecule has 0 saturated carbocycles. The van der Waals surface area contributed by atoms with Gasteiger partial charge in [0.1, 0.15) is 0 Å². The number of phenolic OH excluding ortho intramolecular Hbond substituents is 1. The third-order valence-corrected chi connectivity index (χ3v) is 5.68. The number of aromatic hydroxyl groups is 1. The van der Waals surface area contributed by atoms with Gasteiger partial charge < -0.3 is 14.9 Å². The van der Waals surface area contributed by atoms with Gasteiger partial charge in [-0.25, -0.2) is 0 Å². The Hall–Kier alpha value is -1.22. The maximum atomic E-state index is 9.95. The van der Waals surface area contributed by atoms with E-state index in [4.69, 9.17) is 9.84 Å². The smallest absolute Gasteiger partial charge is 0.160 e. The van der Waals surface area contributed by atoms with Crippen LogP contribution in [0.2, 0.25) is 0 Å². The molecule has 3 heteroatoms. The molecule has 0 saturated heterocycles. The molecule has 0 heterocycles. The van der Waals surface area contributed by atoms with Gasteiger partial charge in [-0.3, -0.25) is 0 Å². The number of hydrogen-bond donors (Lipinski definition) is 2. The van der Waals surface area contributed by atoms with Crippen LogP contribution in [0.1, 0.15) is 115 Å². The van der Waals surface area contributed by atoms with E-state index in [1.54, 1.807) is 12.1 Å². The molecule has 0 aliphatic heterocycles. The first-order valence-corrected chi connectivity index (χ1v) is 12.3. The van der Waals surface area contributed by atoms with Crippen molar-refractivity contribution in [2.75, 3.05) is 13.2 Å². The Morgan fingerprint density at radius 2 is 1.17 bits per heavy atom. The topological polar surface area (TPSA) is 49.7 Å². The largest absolute Gasteiger partial charge is 0.504 e. The van der Waals surface area contributed by atoms with E-state index in [-0.39, 0.29) is 12.4 Å². The molecule has 0 aliphatic rings. The van der Waals surface area contributed by atoms with Gasteiger partial charge in [0.05, 0.1) is 6.61 Å². The van der Waals surface area contributed by atoms with Gasteiger partial charge in [0.2, 0.25) is 0 Å². The summed E-state index contributed by atoms with van der Waals surface area (Å²) < 4.78 is 5.68. The van der Waals surface area contributed by atoms with Crippen LogP contribution in [0, 0.1) is 0 Å². The van der Waals surface area contributed by atoms with E-state index in [0.717, 1.165) is 12.0 Å². The van der Waals surface area contributed by atoms with Crippen molar-refractivity contribution in [3.05, 3.63) is 23.8 Å². The van der Waals surface area contributed by atoms with Crippen LogP contribution in [0.15, 0.2) is 18.2 Å². The number of benzene rings is 1. The first-order chi connectivity index (χ1) is 14.3. The second-order valence-electron chi connectivity index (χ2n) is 8.43. The molecule has 0 radical (unpaired) electrons. The van der Waals surface area contributed by atoms with Gasteiger partial charge in [-0.15, -0.1) is 0 Å². The van der Waals surface area contributed by atoms with Crippen LogP contribution in [0.25, 0.3) is 0 Å². The number of phenols is 1. The highest BCUT2D eigenvalue weighted by Gasteiger charge is 2.03. The summed E-state index contributed by atoms with van der Waals surface area (Å²) in [4.78, 5) is 0. The fourth-order valence-electron chi connectivity index (χ4n) is 3.80. The van der Waals surface area contributed by atoms with E-state index in [9.17, 15) is 5.11 Å². The summed E-state index contributed by atoms with van der Waals surface area (Å²) in [5, 5.41) is 18.9. The first-order valence-electron chi connectivity index (χ1n) is 12.3. The van der Waals surface area contributed by atoms with Crippen molar-refractivity contribution >= 4 is 0 Å². The van der Waals surface area contributed by atoms with Gasteiger partial charge in [-0.1, -0.05) is 109 Å². The lowest BCUT2D eigenvalue weighted by Crippen LogP contribution is -1.98. The molecule has 0 fully saturated rings. The predicted octanol–water partition coefficient (Wildman–Crippen LogP) is 7.57. The van der Waals surface area contributed by atoms with E-state index >= 15 is 0 Å². The minimum Gasteiger partial charge on any atom is -0.504 e. The van der Waals surface area contributed by atoms with Crippen molar-refractivity contribution in [2.24, 2.45) is 0 Å². The third-order valence-electron chi connectivity index (χ3n) is 5.68. The predicted molar refractivity (Wildman–Crippen MR) is 124 cm³/mol. The number of rotatable bonds is 20. The summed E-state index contributed by atoms with van der Waals surface area (Å²) in [5.74, 6) is 0.722. The van der Waals surface area contributed by atoms with Crippen molar-refractivity contribution < 1.29 is 14.9 Å². The lowest BCUT2D eigenvalue weighted by atomic mass is 10.0. The molecule has 2 N–H and O–H groups in total. The molecule has 0 amide bonds. The Morgan fingerprint density at radius 1 is 0.690 bits per heavy atom. The number of unbranched alkanes of at least 4 members (excludes halogenated alkanes) is 15. The van der Waals surface area contributed by atoms with Crippen LogP contribution in [0.4, 0.5) is 0 Å². The molecular formula is C26H46O3. The molecule has 0 atom stereocenters. The summed E-state index contributed by atoms with van der Waals surface area (Å²) in [6.07, 6.45) is 22.4. The van der Waals surface area contributed by atoms with Gasteiger partial charge in [0.25, 0.3) is 0 Å². The monoisotopic (exact) mass is 406 g/mol. The van der Waals surface area contributed by atoms with Gasteiger partial charge in [-0.2, -0.15) is 0 Å². The van der Waals surface area contributed by atoms with Crippen LogP contribution in [0.5, 0.6) is 11.5 Å². The minimum absolute atomic E-state index is 0.0961. The Labute approximate surface area is 179 Å². The molecule has 1 rings (SSSR count). The summed E-state index contributed by atoms with van der Waals surface area (Å²) in [6.45, 7) is 3.04. The highest BCUT2D eigenvalue weighted by Crippen LogP contribution is 2.27. The number of aliphatic hydroxyl groups excluding tert-OH is 1. The van der Waals surface area contributed by atoms with E-state index in [2.05, 4.69) is 6.92 Å². The Kier molecular flexibility index (Phi) is 16.7. The van der Waals surface area contributed by atoms with Crippen LogP contribution in [0.3, 0.4) is 0 Å². The van der Waals surface area contributed by atoms with Crippen molar-refractivity contribution in [1.29, 1.82) is 0 Å². The van der Waals surface area contributed by atoms with Gasteiger partial charge in [0.15, 0.2) is 11.5 Å². The molecule has 1 aromatic rings. The highest BCUT2D eigenvalue weighted by molar-refractivity contribution is 5.41. The normalized spacial score (nSPS) is 11.1. The van der Waals surface area contributed by atoms with Crippen LogP contribution >= 0.6 is 0 Å². The Morgan fingerprint density at radius 3 is 1.62 bits per heavy atom. The van der Waals surface area contributed by atoms with Crippen LogP contribution in [-0.4, -0.2) is 23.4 Å². The van der Waals surface area contributed by atoms with Crippen LogP contribution < -0.4 is 4.74 Å². The number of aliphatic hydroxyl groups is 1. The summed E-state index contributed by atoms with van der Waals surface area (Å²) in [7, 11) is 0. The lowest BCUT2D eigenvalue weighted by Gasteiger charge is -2.09. The first kappa shape index (κ1) is 25.8. The third kappa shape index (κ3) is 14.4. The molecule has 1 aromatic carbocycles. The lowest BCUT2D eigenvalue weighted by molar-refractivity contribution is 0.287. The molecule has 0 bridgehead atoms. The SMILES string of the molecule is CCCCCCCCCCCCCCCCCCOc1ccc(CCO)cc1O. The molecule has 168 valence electrons. The van der Waals surface area contributed by atoms with Crippen LogP contribution in [-0.2, 0) is 6.42 Å². The second kappa shape index (κ2) is 18.8. The second-order valence-corrected chi connectivity index (χ2v) is 8.43. The van der Waals surface area contributed by atoms with Gasteiger partial charge in [-0.05, 0) is 30.5 Å². The molecule has 29 heavy (non-hydrogen) atoms. The zero-order chi connectivity index (χ0) is 21.0. The fourth-order valence-corrected chi connectivity index (χ4v) is 3.80. The van der Waals surface area contributed by atoms with E-state index in [1.165, 1.54) is 96.3 Å². The number of hydrogen-bond acceptors (Lipinski definition) is 3. The molecule has 0 unspecified atom stereocenters. The van der Waals surface area contributed by atoms with E-state index < -0.39 is 0 Å². The zero-order valence-electron chi connectivity index (χ0n) is 19.0. The summed E-state index contributed by atoms with van der Waals surface area (Å²) in [5.41, 5.74) is 0.930. The highest BCUT2D eigenvalue weighted by atomic mass is 16.5. The molecular weight excluding hydrogens is 360 g/mol. The zero-order valence-corrected chi connectivity index (χ0v) is 19.0. The number of ether oxygens (including phenoxy) is 1. The Bertz CT molecular complexity index is 487. The van der Waals surface area contributed by atoms with Crippen molar-refractivity contribution in [3.63, 3.8) is 0 Å². The average molecular weight is 407 g/mol. The maximum absolute atomic E-state index is 9.95. The standard InChI is InChI=1S/C26H46O3/c1-2-3-4-5-6-7-8-9-10-11-12-13-14-15-16-17-22-29-26-19-18-24(20-21-27)23-25(26)28/h18-19,23,27-28H,2-17,20-22H2,1H3. The molecule has 0 aliphatic carbocycles. The quantitative estimate of drug-likeness (QED) is 0.220. The molecule has 3 nitrogen and oxygen atoms in total. The van der Waals surface area contributed by atoms with Gasteiger partial charge >= 0.3 is 0 Å². The maximum Gasteiger partial charge on any atom is 0.160 e. The molecule has 0 spiro atoms. The Balaban J connectivity index is 1.83. The fraction of sp³-hybridized carbons (Fsp3) is 0.769. The molecule has 0 aromatic heterocycles. The van der Waals surface area contributed by atoms with Gasteiger partial charge in [0, 0.05) is 6.61 Å². The van der Waals surface area contributed by atoms with Crippen molar-refractivity contribution in [3.8, 4) is 11.5 Å².